The number of halogens is 2. The third-order valence-corrected chi connectivity index (χ3v) is 4.66. The van der Waals surface area contributed by atoms with E-state index >= 15 is 0 Å². The fourth-order valence-electron chi connectivity index (χ4n) is 3.36. The zero-order valence-corrected chi connectivity index (χ0v) is 15.2. The Kier molecular flexibility index (Phi) is 5.83. The Morgan fingerprint density at radius 1 is 1.14 bits per heavy atom. The van der Waals surface area contributed by atoms with Crippen LogP contribution in [0.25, 0.3) is 0 Å². The van der Waals surface area contributed by atoms with E-state index in [9.17, 15) is 18.8 Å². The Hall–Kier alpha value is -3.08. The fraction of sp³-hybridized carbons (Fsp3) is 0.238. The van der Waals surface area contributed by atoms with Crippen LogP contribution in [0, 0.1) is 11.3 Å². The SMILES string of the molecule is CN(O)[C@@H](C1=C(Nc2cccc(C(F)F)c2)CCC1=O)c1ccc(C#N)cc1. The molecule has 0 saturated heterocycles. The maximum atomic E-state index is 13.0. The predicted molar refractivity (Wildman–Crippen MR) is 99.7 cm³/mol. The van der Waals surface area contributed by atoms with Crippen molar-refractivity contribution in [3.8, 4) is 6.07 Å². The van der Waals surface area contributed by atoms with Crippen molar-refractivity contribution in [2.24, 2.45) is 0 Å². The van der Waals surface area contributed by atoms with Crippen molar-refractivity contribution in [3.63, 3.8) is 0 Å². The summed E-state index contributed by atoms with van der Waals surface area (Å²) in [5, 5.41) is 23.2. The smallest absolute Gasteiger partial charge is 0.263 e. The Morgan fingerprint density at radius 2 is 1.86 bits per heavy atom. The molecule has 2 N–H and O–H groups in total. The molecule has 0 radical (unpaired) electrons. The van der Waals surface area contributed by atoms with Crippen LogP contribution in [0.15, 0.2) is 59.8 Å². The number of hydrogen-bond acceptors (Lipinski definition) is 5. The van der Waals surface area contributed by atoms with Crippen molar-refractivity contribution in [2.45, 2.75) is 25.3 Å². The van der Waals surface area contributed by atoms with Crippen molar-refractivity contribution in [2.75, 3.05) is 12.4 Å². The number of benzene rings is 2. The van der Waals surface area contributed by atoms with Crippen molar-refractivity contribution in [1.29, 1.82) is 5.26 Å². The average Bonchev–Trinajstić information content (AvgIpc) is 3.03. The summed E-state index contributed by atoms with van der Waals surface area (Å²) in [6.07, 6.45) is -1.89. The van der Waals surface area contributed by atoms with Gasteiger partial charge in [-0.1, -0.05) is 24.3 Å². The van der Waals surface area contributed by atoms with Gasteiger partial charge in [-0.15, -0.1) is 0 Å². The van der Waals surface area contributed by atoms with Crippen LogP contribution < -0.4 is 5.32 Å². The van der Waals surface area contributed by atoms with Gasteiger partial charge in [0.25, 0.3) is 6.43 Å². The zero-order chi connectivity index (χ0) is 20.3. The summed E-state index contributed by atoms with van der Waals surface area (Å²) < 4.78 is 25.9. The summed E-state index contributed by atoms with van der Waals surface area (Å²) in [5.74, 6) is -0.122. The Labute approximate surface area is 161 Å². The molecule has 0 fully saturated rings. The molecule has 1 atom stereocenters. The highest BCUT2D eigenvalue weighted by molar-refractivity contribution is 6.00. The lowest BCUT2D eigenvalue weighted by Crippen LogP contribution is -2.26. The van der Waals surface area contributed by atoms with Crippen molar-refractivity contribution in [1.82, 2.24) is 5.06 Å². The van der Waals surface area contributed by atoms with E-state index in [1.165, 1.54) is 25.2 Å². The molecular weight excluding hydrogens is 364 g/mol. The molecule has 2 aromatic rings. The van der Waals surface area contributed by atoms with Gasteiger partial charge in [0.05, 0.1) is 17.7 Å². The highest BCUT2D eigenvalue weighted by atomic mass is 19.3. The second-order valence-electron chi connectivity index (χ2n) is 6.58. The van der Waals surface area contributed by atoms with Gasteiger partial charge in [-0.05, 0) is 36.2 Å². The second kappa shape index (κ2) is 8.30. The lowest BCUT2D eigenvalue weighted by Gasteiger charge is -2.25. The largest absolute Gasteiger partial charge is 0.358 e. The number of nitriles is 1. The van der Waals surface area contributed by atoms with Gasteiger partial charge < -0.3 is 10.5 Å². The molecule has 28 heavy (non-hydrogen) atoms. The van der Waals surface area contributed by atoms with Crippen LogP contribution in [-0.2, 0) is 4.79 Å². The minimum Gasteiger partial charge on any atom is -0.358 e. The van der Waals surface area contributed by atoms with Gasteiger partial charge in [0.15, 0.2) is 5.78 Å². The van der Waals surface area contributed by atoms with Gasteiger partial charge in [0.2, 0.25) is 0 Å². The first-order chi connectivity index (χ1) is 13.4. The second-order valence-corrected chi connectivity index (χ2v) is 6.58. The first kappa shape index (κ1) is 19.7. The normalized spacial score (nSPS) is 15.2. The van der Waals surface area contributed by atoms with E-state index in [2.05, 4.69) is 5.32 Å². The van der Waals surface area contributed by atoms with Gasteiger partial charge in [-0.25, -0.2) is 8.78 Å². The van der Waals surface area contributed by atoms with Crippen LogP contribution in [0.1, 0.15) is 42.0 Å². The fourth-order valence-corrected chi connectivity index (χ4v) is 3.36. The first-order valence-corrected chi connectivity index (χ1v) is 8.74. The van der Waals surface area contributed by atoms with Crippen LogP contribution in [0.2, 0.25) is 0 Å². The number of alkyl halides is 2. The third kappa shape index (κ3) is 4.09. The van der Waals surface area contributed by atoms with Crippen molar-refractivity contribution >= 4 is 11.5 Å². The quantitative estimate of drug-likeness (QED) is 0.714. The van der Waals surface area contributed by atoms with Crippen molar-refractivity contribution in [3.05, 3.63) is 76.5 Å². The third-order valence-electron chi connectivity index (χ3n) is 4.66. The van der Waals surface area contributed by atoms with Gasteiger partial charge >= 0.3 is 0 Å². The highest BCUT2D eigenvalue weighted by Crippen LogP contribution is 2.37. The Morgan fingerprint density at radius 3 is 2.46 bits per heavy atom. The van der Waals surface area contributed by atoms with E-state index in [0.29, 0.717) is 34.5 Å². The van der Waals surface area contributed by atoms with Gasteiger partial charge in [-0.2, -0.15) is 10.3 Å². The average molecular weight is 383 g/mol. The van der Waals surface area contributed by atoms with E-state index in [0.717, 1.165) is 5.06 Å². The molecule has 0 amide bonds. The first-order valence-electron chi connectivity index (χ1n) is 8.74. The van der Waals surface area contributed by atoms with E-state index in [4.69, 9.17) is 5.26 Å². The molecule has 144 valence electrons. The molecule has 1 aliphatic carbocycles. The van der Waals surface area contributed by atoms with Crippen LogP contribution in [-0.4, -0.2) is 23.1 Å². The van der Waals surface area contributed by atoms with Crippen LogP contribution in [0.3, 0.4) is 0 Å². The number of rotatable bonds is 6. The van der Waals surface area contributed by atoms with Gasteiger partial charge in [0.1, 0.15) is 0 Å². The molecule has 0 aromatic heterocycles. The van der Waals surface area contributed by atoms with Crippen LogP contribution in [0.5, 0.6) is 0 Å². The van der Waals surface area contributed by atoms with Gasteiger partial charge in [0, 0.05) is 36.0 Å². The molecule has 2 aromatic carbocycles. The Bertz CT molecular complexity index is 947. The molecule has 7 heteroatoms. The maximum absolute atomic E-state index is 13.0. The zero-order valence-electron chi connectivity index (χ0n) is 15.2. The number of hydroxylamine groups is 2. The van der Waals surface area contributed by atoms with Gasteiger partial charge in [-0.3, -0.25) is 4.79 Å². The molecule has 0 spiro atoms. The summed E-state index contributed by atoms with van der Waals surface area (Å²) in [4.78, 5) is 12.6. The monoisotopic (exact) mass is 383 g/mol. The Balaban J connectivity index is 1.99. The van der Waals surface area contributed by atoms with Crippen LogP contribution >= 0.6 is 0 Å². The number of hydrogen-bond donors (Lipinski definition) is 2. The number of allylic oxidation sites excluding steroid dienone is 1. The standard InChI is InChI=1S/C21H19F2N3O2/c1-26(28)20(14-7-5-13(12-24)6-8-14)19-17(9-10-18(19)27)25-16-4-2-3-15(11-16)21(22)23/h2-8,11,20-21,25,28H,9-10H2,1H3/t20-/m1/s1. The molecular formula is C21H19F2N3O2. The summed E-state index contributed by atoms with van der Waals surface area (Å²) in [7, 11) is 1.44. The van der Waals surface area contributed by atoms with Crippen molar-refractivity contribution < 1.29 is 18.8 Å². The molecule has 0 heterocycles. The van der Waals surface area contributed by atoms with E-state index in [1.54, 1.807) is 30.3 Å². The highest BCUT2D eigenvalue weighted by Gasteiger charge is 2.33. The summed E-state index contributed by atoms with van der Waals surface area (Å²) in [6.45, 7) is 0. The lowest BCUT2D eigenvalue weighted by molar-refractivity contribution is -0.121. The minimum absolute atomic E-state index is 0.112. The topological polar surface area (TPSA) is 76.4 Å². The maximum Gasteiger partial charge on any atom is 0.263 e. The number of nitrogens with zero attached hydrogens (tertiary/aromatic N) is 2. The number of carbonyl (C=O) groups is 1. The number of likely N-dealkylation sites (N-methyl/N-ethyl adjacent to an activating group) is 1. The summed E-state index contributed by atoms with van der Waals surface area (Å²) in [5.41, 5.74) is 2.44. The number of nitrogens with one attached hydrogen (secondary N) is 1. The molecule has 5 nitrogen and oxygen atoms in total. The number of anilines is 1. The molecule has 0 bridgehead atoms. The van der Waals surface area contributed by atoms with E-state index in [-0.39, 0.29) is 17.8 Å². The predicted octanol–water partition coefficient (Wildman–Crippen LogP) is 4.59. The van der Waals surface area contributed by atoms with Crippen LogP contribution in [0.4, 0.5) is 14.5 Å². The summed E-state index contributed by atoms with van der Waals surface area (Å²) in [6, 6.07) is 13.8. The number of Topliss-reactive ketones (excluding diaryl/α,β-unsaturated/α-hetero) is 1. The molecule has 3 rings (SSSR count). The van der Waals surface area contributed by atoms with E-state index < -0.39 is 12.5 Å². The summed E-state index contributed by atoms with van der Waals surface area (Å²) >= 11 is 0. The molecule has 0 saturated carbocycles. The minimum atomic E-state index is -2.59. The number of carbonyl (C=O) groups excluding carboxylic acids is 1. The molecule has 0 aliphatic heterocycles. The molecule has 1 aliphatic rings. The van der Waals surface area contributed by atoms with E-state index in [1.807, 2.05) is 6.07 Å². The number of ketones is 1. The molecule has 0 unspecified atom stereocenters. The lowest BCUT2D eigenvalue weighted by atomic mass is 9.95.